The minimum absolute atomic E-state index is 0.0799. The molecule has 2 N–H and O–H groups in total. The highest BCUT2D eigenvalue weighted by Crippen LogP contribution is 2.34. The molecule has 2 nitrogen and oxygen atoms in total. The zero-order valence-corrected chi connectivity index (χ0v) is 11.0. The van der Waals surface area contributed by atoms with Gasteiger partial charge in [-0.3, -0.25) is 0 Å². The molecule has 0 heterocycles. The third-order valence-electron chi connectivity index (χ3n) is 2.60. The Hall–Kier alpha value is -1.88. The van der Waals surface area contributed by atoms with Gasteiger partial charge in [0.15, 0.2) is 0 Å². The van der Waals surface area contributed by atoms with Crippen LogP contribution in [0.15, 0.2) is 42.5 Å². The molecule has 0 spiro atoms. The molecule has 20 heavy (non-hydrogen) atoms. The van der Waals surface area contributed by atoms with Gasteiger partial charge in [-0.1, -0.05) is 23.7 Å². The van der Waals surface area contributed by atoms with E-state index in [4.69, 9.17) is 22.1 Å². The average molecular weight is 302 g/mol. The number of alkyl halides is 3. The number of ether oxygens (including phenoxy) is 1. The van der Waals surface area contributed by atoms with Crippen molar-refractivity contribution in [3.8, 4) is 5.75 Å². The predicted octanol–water partition coefficient (Wildman–Crippen LogP) is 4.52. The van der Waals surface area contributed by atoms with Crippen LogP contribution < -0.4 is 10.5 Å². The number of hydrogen-bond donors (Lipinski definition) is 1. The van der Waals surface area contributed by atoms with Crippen LogP contribution in [0.4, 0.5) is 18.9 Å². The first-order valence-electron chi connectivity index (χ1n) is 5.70. The van der Waals surface area contributed by atoms with Gasteiger partial charge in [0.05, 0.1) is 10.6 Å². The highest BCUT2D eigenvalue weighted by atomic mass is 35.5. The van der Waals surface area contributed by atoms with Gasteiger partial charge in [-0.25, -0.2) is 0 Å². The van der Waals surface area contributed by atoms with Gasteiger partial charge >= 0.3 is 6.18 Å². The molecule has 106 valence electrons. The standard InChI is InChI=1S/C14H11ClF3NO/c15-12-7-10(14(16,17)18)4-5-13(12)20-8-9-2-1-3-11(19)6-9/h1-7H,8,19H2. The summed E-state index contributed by atoms with van der Waals surface area (Å²) in [6, 6.07) is 10.00. The molecular weight excluding hydrogens is 291 g/mol. The van der Waals surface area contributed by atoms with E-state index in [0.29, 0.717) is 5.69 Å². The van der Waals surface area contributed by atoms with Crippen LogP contribution in [0.5, 0.6) is 5.75 Å². The van der Waals surface area contributed by atoms with Crippen molar-refractivity contribution < 1.29 is 17.9 Å². The van der Waals surface area contributed by atoms with E-state index in [2.05, 4.69) is 0 Å². The zero-order chi connectivity index (χ0) is 14.8. The van der Waals surface area contributed by atoms with Crippen LogP contribution in [0.1, 0.15) is 11.1 Å². The fourth-order valence-corrected chi connectivity index (χ4v) is 1.87. The lowest BCUT2D eigenvalue weighted by Crippen LogP contribution is -2.05. The summed E-state index contributed by atoms with van der Waals surface area (Å²) >= 11 is 5.78. The Morgan fingerprint density at radius 1 is 1.10 bits per heavy atom. The van der Waals surface area contributed by atoms with Gasteiger partial charge in [0.1, 0.15) is 12.4 Å². The zero-order valence-electron chi connectivity index (χ0n) is 10.2. The highest BCUT2D eigenvalue weighted by Gasteiger charge is 2.31. The van der Waals surface area contributed by atoms with Crippen LogP contribution in [0.2, 0.25) is 5.02 Å². The molecule has 0 aliphatic rings. The van der Waals surface area contributed by atoms with E-state index in [1.165, 1.54) is 6.07 Å². The molecule has 2 aromatic carbocycles. The molecule has 0 aliphatic heterocycles. The Kier molecular flexibility index (Phi) is 4.09. The van der Waals surface area contributed by atoms with Crippen LogP contribution in [-0.2, 0) is 12.8 Å². The van der Waals surface area contributed by atoms with Gasteiger partial charge in [-0.05, 0) is 35.9 Å². The number of nitrogen functional groups attached to an aromatic ring is 1. The first-order valence-corrected chi connectivity index (χ1v) is 6.08. The molecule has 0 radical (unpaired) electrons. The molecule has 2 rings (SSSR count). The number of halogens is 4. The summed E-state index contributed by atoms with van der Waals surface area (Å²) in [4.78, 5) is 0. The SMILES string of the molecule is Nc1cccc(COc2ccc(C(F)(F)F)cc2Cl)c1. The average Bonchev–Trinajstić information content (AvgIpc) is 2.36. The van der Waals surface area contributed by atoms with Crippen molar-refractivity contribution in [2.24, 2.45) is 0 Å². The Morgan fingerprint density at radius 2 is 1.85 bits per heavy atom. The van der Waals surface area contributed by atoms with Crippen molar-refractivity contribution in [2.45, 2.75) is 12.8 Å². The van der Waals surface area contributed by atoms with Crippen molar-refractivity contribution in [1.82, 2.24) is 0 Å². The Balaban J connectivity index is 2.11. The van der Waals surface area contributed by atoms with Crippen LogP contribution in [0.3, 0.4) is 0 Å². The van der Waals surface area contributed by atoms with E-state index in [9.17, 15) is 13.2 Å². The minimum Gasteiger partial charge on any atom is -0.487 e. The third-order valence-corrected chi connectivity index (χ3v) is 2.90. The predicted molar refractivity (Wildman–Crippen MR) is 71.6 cm³/mol. The second-order valence-corrected chi connectivity index (χ2v) is 4.58. The second kappa shape index (κ2) is 5.63. The second-order valence-electron chi connectivity index (χ2n) is 4.18. The van der Waals surface area contributed by atoms with E-state index in [-0.39, 0.29) is 17.4 Å². The number of anilines is 1. The minimum atomic E-state index is -4.42. The molecule has 0 aliphatic carbocycles. The van der Waals surface area contributed by atoms with Gasteiger partial charge in [0.25, 0.3) is 0 Å². The van der Waals surface area contributed by atoms with E-state index < -0.39 is 11.7 Å². The van der Waals surface area contributed by atoms with Crippen LogP contribution in [0.25, 0.3) is 0 Å². The van der Waals surface area contributed by atoms with Crippen molar-refractivity contribution >= 4 is 17.3 Å². The van der Waals surface area contributed by atoms with E-state index in [1.807, 2.05) is 0 Å². The monoisotopic (exact) mass is 301 g/mol. The molecule has 2 aromatic rings. The maximum Gasteiger partial charge on any atom is 0.416 e. The van der Waals surface area contributed by atoms with Crippen molar-refractivity contribution in [1.29, 1.82) is 0 Å². The Bertz CT molecular complexity index is 614. The summed E-state index contributed by atoms with van der Waals surface area (Å²) in [5.74, 6) is 0.196. The summed E-state index contributed by atoms with van der Waals surface area (Å²) in [6.45, 7) is 0.177. The van der Waals surface area contributed by atoms with Crippen LogP contribution in [-0.4, -0.2) is 0 Å². The smallest absolute Gasteiger partial charge is 0.416 e. The number of hydrogen-bond acceptors (Lipinski definition) is 2. The fraction of sp³-hybridized carbons (Fsp3) is 0.143. The molecular formula is C14H11ClF3NO. The largest absolute Gasteiger partial charge is 0.487 e. The summed E-state index contributed by atoms with van der Waals surface area (Å²) in [5, 5.41) is -0.0799. The normalized spacial score (nSPS) is 11.4. The Labute approximate surface area is 118 Å². The lowest BCUT2D eigenvalue weighted by Gasteiger charge is -2.11. The molecule has 6 heteroatoms. The topological polar surface area (TPSA) is 35.2 Å². The van der Waals surface area contributed by atoms with Crippen molar-refractivity contribution in [2.75, 3.05) is 5.73 Å². The summed E-state index contributed by atoms with van der Waals surface area (Å²) in [6.07, 6.45) is -4.42. The van der Waals surface area contributed by atoms with Crippen LogP contribution in [0, 0.1) is 0 Å². The van der Waals surface area contributed by atoms with E-state index in [1.54, 1.807) is 24.3 Å². The molecule has 0 fully saturated rings. The maximum atomic E-state index is 12.5. The molecule has 0 saturated heterocycles. The quantitative estimate of drug-likeness (QED) is 0.846. The molecule has 0 atom stereocenters. The van der Waals surface area contributed by atoms with Gasteiger partial charge in [-0.2, -0.15) is 13.2 Å². The number of benzene rings is 2. The highest BCUT2D eigenvalue weighted by molar-refractivity contribution is 6.32. The van der Waals surface area contributed by atoms with Crippen LogP contribution >= 0.6 is 11.6 Å². The lowest BCUT2D eigenvalue weighted by molar-refractivity contribution is -0.137. The van der Waals surface area contributed by atoms with Gasteiger partial charge in [0.2, 0.25) is 0 Å². The lowest BCUT2D eigenvalue weighted by atomic mass is 10.2. The maximum absolute atomic E-state index is 12.5. The summed E-state index contributed by atoms with van der Waals surface area (Å²) in [5.41, 5.74) is 6.21. The summed E-state index contributed by atoms with van der Waals surface area (Å²) in [7, 11) is 0. The van der Waals surface area contributed by atoms with Crippen molar-refractivity contribution in [3.63, 3.8) is 0 Å². The Morgan fingerprint density at radius 3 is 2.45 bits per heavy atom. The van der Waals surface area contributed by atoms with Gasteiger partial charge < -0.3 is 10.5 Å². The molecule has 0 amide bonds. The number of nitrogens with two attached hydrogens (primary N) is 1. The molecule has 0 aromatic heterocycles. The molecule has 0 bridgehead atoms. The van der Waals surface area contributed by atoms with Crippen molar-refractivity contribution in [3.05, 3.63) is 58.6 Å². The van der Waals surface area contributed by atoms with E-state index in [0.717, 1.165) is 17.7 Å². The molecule has 0 saturated carbocycles. The number of rotatable bonds is 3. The summed E-state index contributed by atoms with van der Waals surface area (Å²) < 4.78 is 42.8. The van der Waals surface area contributed by atoms with E-state index >= 15 is 0 Å². The fourth-order valence-electron chi connectivity index (χ4n) is 1.64. The van der Waals surface area contributed by atoms with Gasteiger partial charge in [-0.15, -0.1) is 0 Å². The molecule has 0 unspecified atom stereocenters. The van der Waals surface area contributed by atoms with Gasteiger partial charge in [0, 0.05) is 5.69 Å². The third kappa shape index (κ3) is 3.57. The first-order chi connectivity index (χ1) is 9.36. The first kappa shape index (κ1) is 14.5.